The Morgan fingerprint density at radius 1 is 1.80 bits per heavy atom. The highest BCUT2D eigenvalue weighted by atomic mass is 16.6. The SMILES string of the molecule is CC1C=CCC([N+](=O)[O-])=C1. The van der Waals surface area contributed by atoms with Gasteiger partial charge in [-0.2, -0.15) is 0 Å². The van der Waals surface area contributed by atoms with Crippen LogP contribution in [-0.2, 0) is 0 Å². The maximum atomic E-state index is 10.2. The van der Waals surface area contributed by atoms with Crippen molar-refractivity contribution in [2.75, 3.05) is 0 Å². The first-order chi connectivity index (χ1) is 4.70. The normalized spacial score (nSPS) is 24.1. The molecule has 0 amide bonds. The van der Waals surface area contributed by atoms with Gasteiger partial charge in [-0.3, -0.25) is 10.1 Å². The van der Waals surface area contributed by atoms with Crippen LogP contribution in [0.15, 0.2) is 23.9 Å². The quantitative estimate of drug-likeness (QED) is 0.315. The molecule has 3 heteroatoms. The van der Waals surface area contributed by atoms with Gasteiger partial charge in [0, 0.05) is 0 Å². The molecule has 0 aliphatic heterocycles. The predicted molar refractivity (Wildman–Crippen MR) is 38.0 cm³/mol. The summed E-state index contributed by atoms with van der Waals surface area (Å²) in [6.07, 6.45) is 5.95. The van der Waals surface area contributed by atoms with Gasteiger partial charge in [0.2, 0.25) is 5.70 Å². The van der Waals surface area contributed by atoms with Crippen LogP contribution in [0, 0.1) is 16.0 Å². The third kappa shape index (κ3) is 1.43. The monoisotopic (exact) mass is 139 g/mol. The van der Waals surface area contributed by atoms with Crippen molar-refractivity contribution in [2.24, 2.45) is 5.92 Å². The summed E-state index contributed by atoms with van der Waals surface area (Å²) in [5.74, 6) is 0.217. The van der Waals surface area contributed by atoms with Crippen molar-refractivity contribution < 1.29 is 4.92 Å². The largest absolute Gasteiger partial charge is 0.259 e. The van der Waals surface area contributed by atoms with Crippen molar-refractivity contribution in [1.29, 1.82) is 0 Å². The molecule has 0 fully saturated rings. The molecule has 1 atom stereocenters. The lowest BCUT2D eigenvalue weighted by Gasteiger charge is -2.03. The van der Waals surface area contributed by atoms with Crippen LogP contribution in [0.2, 0.25) is 0 Å². The van der Waals surface area contributed by atoms with E-state index in [2.05, 4.69) is 0 Å². The molecule has 0 aromatic heterocycles. The lowest BCUT2D eigenvalue weighted by atomic mass is 10.0. The molecule has 0 bridgehead atoms. The fraction of sp³-hybridized carbons (Fsp3) is 0.429. The molecule has 1 rings (SSSR count). The van der Waals surface area contributed by atoms with Gasteiger partial charge in [-0.05, 0) is 12.0 Å². The summed E-state index contributed by atoms with van der Waals surface area (Å²) in [5, 5.41) is 10.2. The van der Waals surface area contributed by atoms with Crippen molar-refractivity contribution in [3.63, 3.8) is 0 Å². The average Bonchev–Trinajstić information content (AvgIpc) is 1.88. The summed E-state index contributed by atoms with van der Waals surface area (Å²) >= 11 is 0. The Bertz CT molecular complexity index is 206. The average molecular weight is 139 g/mol. The molecule has 0 aromatic rings. The molecule has 54 valence electrons. The van der Waals surface area contributed by atoms with Gasteiger partial charge in [-0.25, -0.2) is 0 Å². The van der Waals surface area contributed by atoms with Gasteiger partial charge in [0.25, 0.3) is 0 Å². The second kappa shape index (κ2) is 2.64. The van der Waals surface area contributed by atoms with Crippen LogP contribution in [0.1, 0.15) is 13.3 Å². The molecule has 0 aromatic carbocycles. The molecule has 0 saturated heterocycles. The maximum absolute atomic E-state index is 10.2. The van der Waals surface area contributed by atoms with E-state index < -0.39 is 0 Å². The summed E-state index contributed by atoms with van der Waals surface area (Å²) in [7, 11) is 0. The molecule has 1 unspecified atom stereocenters. The molecular formula is C7H9NO2. The number of hydrogen-bond acceptors (Lipinski definition) is 2. The Morgan fingerprint density at radius 2 is 2.50 bits per heavy atom. The maximum Gasteiger partial charge on any atom is 0.246 e. The van der Waals surface area contributed by atoms with Crippen LogP contribution in [0.5, 0.6) is 0 Å². The van der Waals surface area contributed by atoms with Crippen molar-refractivity contribution in [3.05, 3.63) is 34.0 Å². The second-order valence-electron chi connectivity index (χ2n) is 2.41. The van der Waals surface area contributed by atoms with Crippen LogP contribution in [0.3, 0.4) is 0 Å². The first-order valence-electron chi connectivity index (χ1n) is 3.22. The smallest absolute Gasteiger partial charge is 0.246 e. The molecule has 1 aliphatic carbocycles. The third-order valence-corrected chi connectivity index (χ3v) is 1.46. The standard InChI is InChI=1S/C7H9NO2/c1-6-3-2-4-7(5-6)8(9)10/h2-3,5-6H,4H2,1H3. The van der Waals surface area contributed by atoms with Crippen LogP contribution in [0.25, 0.3) is 0 Å². The lowest BCUT2D eigenvalue weighted by Crippen LogP contribution is -2.03. The zero-order valence-corrected chi connectivity index (χ0v) is 5.78. The molecule has 0 saturated carbocycles. The second-order valence-corrected chi connectivity index (χ2v) is 2.41. The topological polar surface area (TPSA) is 43.1 Å². The first kappa shape index (κ1) is 6.99. The van der Waals surface area contributed by atoms with Crippen LogP contribution in [-0.4, -0.2) is 4.92 Å². The zero-order chi connectivity index (χ0) is 7.56. The van der Waals surface area contributed by atoms with E-state index >= 15 is 0 Å². The minimum Gasteiger partial charge on any atom is -0.259 e. The van der Waals surface area contributed by atoms with E-state index in [4.69, 9.17) is 0 Å². The van der Waals surface area contributed by atoms with Gasteiger partial charge in [0.05, 0.1) is 11.3 Å². The van der Waals surface area contributed by atoms with Gasteiger partial charge in [0.1, 0.15) is 0 Å². The Balaban J connectivity index is 2.71. The molecule has 10 heavy (non-hydrogen) atoms. The number of hydrogen-bond donors (Lipinski definition) is 0. The van der Waals surface area contributed by atoms with E-state index in [1.54, 1.807) is 6.08 Å². The number of rotatable bonds is 1. The van der Waals surface area contributed by atoms with Crippen LogP contribution < -0.4 is 0 Å². The van der Waals surface area contributed by atoms with E-state index in [9.17, 15) is 10.1 Å². The number of nitro groups is 1. The highest BCUT2D eigenvalue weighted by Gasteiger charge is 2.12. The van der Waals surface area contributed by atoms with Crippen molar-refractivity contribution in [1.82, 2.24) is 0 Å². The fourth-order valence-corrected chi connectivity index (χ4v) is 0.966. The minimum atomic E-state index is -0.319. The van der Waals surface area contributed by atoms with Gasteiger partial charge >= 0.3 is 0 Å². The Labute approximate surface area is 59.2 Å². The van der Waals surface area contributed by atoms with E-state index in [1.807, 2.05) is 19.1 Å². The van der Waals surface area contributed by atoms with Gasteiger partial charge in [-0.1, -0.05) is 19.1 Å². The van der Waals surface area contributed by atoms with E-state index in [0.717, 1.165) is 0 Å². The minimum absolute atomic E-state index is 0.217. The molecule has 1 aliphatic rings. The summed E-state index contributed by atoms with van der Waals surface area (Å²) in [5.41, 5.74) is 0.315. The summed E-state index contributed by atoms with van der Waals surface area (Å²) < 4.78 is 0. The van der Waals surface area contributed by atoms with E-state index in [-0.39, 0.29) is 10.8 Å². The van der Waals surface area contributed by atoms with Crippen molar-refractivity contribution in [3.8, 4) is 0 Å². The molecule has 0 radical (unpaired) electrons. The Hall–Kier alpha value is -1.12. The predicted octanol–water partition coefficient (Wildman–Crippen LogP) is 1.74. The molecular weight excluding hydrogens is 130 g/mol. The van der Waals surface area contributed by atoms with Gasteiger partial charge < -0.3 is 0 Å². The molecule has 0 heterocycles. The lowest BCUT2D eigenvalue weighted by molar-refractivity contribution is -0.427. The fourth-order valence-electron chi connectivity index (χ4n) is 0.966. The highest BCUT2D eigenvalue weighted by Crippen LogP contribution is 2.15. The van der Waals surface area contributed by atoms with Crippen molar-refractivity contribution in [2.45, 2.75) is 13.3 Å². The van der Waals surface area contributed by atoms with Crippen molar-refractivity contribution >= 4 is 0 Å². The van der Waals surface area contributed by atoms with E-state index in [1.165, 1.54) is 0 Å². The molecule has 3 nitrogen and oxygen atoms in total. The Kier molecular flexibility index (Phi) is 1.85. The van der Waals surface area contributed by atoms with Crippen LogP contribution in [0.4, 0.5) is 0 Å². The molecule has 0 N–H and O–H groups in total. The number of allylic oxidation sites excluding steroid dienone is 3. The summed E-state index contributed by atoms with van der Waals surface area (Å²) in [4.78, 5) is 9.88. The molecule has 0 spiro atoms. The van der Waals surface area contributed by atoms with Crippen LogP contribution >= 0.6 is 0 Å². The number of nitrogens with zero attached hydrogens (tertiary/aromatic N) is 1. The summed E-state index contributed by atoms with van der Waals surface area (Å²) in [6, 6.07) is 0. The van der Waals surface area contributed by atoms with Gasteiger partial charge in [0.15, 0.2) is 0 Å². The summed E-state index contributed by atoms with van der Waals surface area (Å²) in [6.45, 7) is 1.93. The third-order valence-electron chi connectivity index (χ3n) is 1.46. The van der Waals surface area contributed by atoms with E-state index in [0.29, 0.717) is 12.1 Å². The first-order valence-corrected chi connectivity index (χ1v) is 3.22. The van der Waals surface area contributed by atoms with Gasteiger partial charge in [-0.15, -0.1) is 0 Å². The Morgan fingerprint density at radius 3 is 2.90 bits per heavy atom. The highest BCUT2D eigenvalue weighted by molar-refractivity contribution is 5.11. The zero-order valence-electron chi connectivity index (χ0n) is 5.78.